The van der Waals surface area contributed by atoms with E-state index in [1.54, 1.807) is 0 Å². The summed E-state index contributed by atoms with van der Waals surface area (Å²) in [5, 5.41) is 12.1. The van der Waals surface area contributed by atoms with Gasteiger partial charge in [-0.25, -0.2) is 0 Å². The molecule has 2 amide bonds. The molecule has 1 saturated carbocycles. The second-order valence-corrected chi connectivity index (χ2v) is 5.43. The van der Waals surface area contributed by atoms with Crippen molar-refractivity contribution in [2.45, 2.75) is 38.6 Å². The SMILES string of the molecule is CCCNC(=O)C1COCCN1C(=O)C1(C#N)CCC1. The van der Waals surface area contributed by atoms with Crippen molar-refractivity contribution in [3.8, 4) is 6.07 Å². The van der Waals surface area contributed by atoms with Gasteiger partial charge in [0.25, 0.3) is 0 Å². The van der Waals surface area contributed by atoms with Crippen molar-refractivity contribution in [2.75, 3.05) is 26.3 Å². The third kappa shape index (κ3) is 2.63. The number of nitrogens with one attached hydrogen (secondary N) is 1. The number of hydrogen-bond acceptors (Lipinski definition) is 4. The Kier molecular flexibility index (Phi) is 4.61. The molecule has 0 aromatic heterocycles. The van der Waals surface area contributed by atoms with Gasteiger partial charge in [-0.3, -0.25) is 9.59 Å². The van der Waals surface area contributed by atoms with E-state index in [-0.39, 0.29) is 18.4 Å². The summed E-state index contributed by atoms with van der Waals surface area (Å²) < 4.78 is 5.32. The number of nitrogens with zero attached hydrogens (tertiary/aromatic N) is 2. The van der Waals surface area contributed by atoms with E-state index < -0.39 is 11.5 Å². The Morgan fingerprint density at radius 2 is 2.25 bits per heavy atom. The average molecular weight is 279 g/mol. The number of carbonyl (C=O) groups excluding carboxylic acids is 2. The van der Waals surface area contributed by atoms with Gasteiger partial charge in [0.15, 0.2) is 0 Å². The fourth-order valence-corrected chi connectivity index (χ4v) is 2.61. The maximum atomic E-state index is 12.6. The second-order valence-electron chi connectivity index (χ2n) is 5.43. The van der Waals surface area contributed by atoms with Crippen LogP contribution < -0.4 is 5.32 Å². The van der Waals surface area contributed by atoms with Gasteiger partial charge >= 0.3 is 0 Å². The van der Waals surface area contributed by atoms with E-state index in [0.29, 0.717) is 32.5 Å². The van der Waals surface area contributed by atoms with Crippen LogP contribution in [0.5, 0.6) is 0 Å². The molecule has 2 fully saturated rings. The van der Waals surface area contributed by atoms with Crippen LogP contribution in [0.15, 0.2) is 0 Å². The molecule has 0 radical (unpaired) electrons. The van der Waals surface area contributed by atoms with Crippen molar-refractivity contribution >= 4 is 11.8 Å². The Labute approximate surface area is 119 Å². The summed E-state index contributed by atoms with van der Waals surface area (Å²) in [5.74, 6) is -0.390. The Morgan fingerprint density at radius 3 is 2.80 bits per heavy atom. The fourth-order valence-electron chi connectivity index (χ4n) is 2.61. The minimum Gasteiger partial charge on any atom is -0.377 e. The Morgan fingerprint density at radius 1 is 1.50 bits per heavy atom. The van der Waals surface area contributed by atoms with E-state index in [2.05, 4.69) is 11.4 Å². The first kappa shape index (κ1) is 14.8. The van der Waals surface area contributed by atoms with Gasteiger partial charge in [0.1, 0.15) is 11.5 Å². The zero-order valence-electron chi connectivity index (χ0n) is 11.9. The molecule has 0 aromatic carbocycles. The number of morpholine rings is 1. The molecule has 1 aliphatic carbocycles. The van der Waals surface area contributed by atoms with Crippen molar-refractivity contribution in [1.82, 2.24) is 10.2 Å². The summed E-state index contributed by atoms with van der Waals surface area (Å²) in [5.41, 5.74) is -0.902. The summed E-state index contributed by atoms with van der Waals surface area (Å²) in [7, 11) is 0. The van der Waals surface area contributed by atoms with Crippen molar-refractivity contribution in [3.63, 3.8) is 0 Å². The van der Waals surface area contributed by atoms with Crippen LogP contribution in [0.4, 0.5) is 0 Å². The van der Waals surface area contributed by atoms with Crippen molar-refractivity contribution < 1.29 is 14.3 Å². The van der Waals surface area contributed by atoms with E-state index in [1.165, 1.54) is 4.90 Å². The highest BCUT2D eigenvalue weighted by Gasteiger charge is 2.49. The molecule has 1 aliphatic heterocycles. The van der Waals surface area contributed by atoms with E-state index in [1.807, 2.05) is 6.92 Å². The third-order valence-electron chi connectivity index (χ3n) is 4.07. The van der Waals surface area contributed by atoms with Gasteiger partial charge in [-0.2, -0.15) is 5.26 Å². The van der Waals surface area contributed by atoms with Gasteiger partial charge in [-0.05, 0) is 25.7 Å². The number of amides is 2. The molecule has 0 bridgehead atoms. The molecule has 0 aromatic rings. The van der Waals surface area contributed by atoms with Gasteiger partial charge < -0.3 is 15.0 Å². The van der Waals surface area contributed by atoms with Crippen LogP contribution in [0.2, 0.25) is 0 Å². The van der Waals surface area contributed by atoms with E-state index in [4.69, 9.17) is 4.74 Å². The van der Waals surface area contributed by atoms with Crippen molar-refractivity contribution in [1.29, 1.82) is 5.26 Å². The highest BCUT2D eigenvalue weighted by Crippen LogP contribution is 2.42. The van der Waals surface area contributed by atoms with Gasteiger partial charge in [-0.1, -0.05) is 6.92 Å². The predicted octanol–water partition coefficient (Wildman–Crippen LogP) is 0.434. The van der Waals surface area contributed by atoms with Gasteiger partial charge in [0, 0.05) is 13.1 Å². The fraction of sp³-hybridized carbons (Fsp3) is 0.786. The van der Waals surface area contributed by atoms with Crippen LogP contribution in [0.25, 0.3) is 0 Å². The van der Waals surface area contributed by atoms with Crippen molar-refractivity contribution in [3.05, 3.63) is 0 Å². The van der Waals surface area contributed by atoms with Gasteiger partial charge in [0.2, 0.25) is 11.8 Å². The first-order valence-electron chi connectivity index (χ1n) is 7.22. The lowest BCUT2D eigenvalue weighted by atomic mass is 9.68. The number of nitriles is 1. The summed E-state index contributed by atoms with van der Waals surface area (Å²) >= 11 is 0. The Balaban J connectivity index is 2.09. The molecule has 1 N–H and O–H groups in total. The first-order chi connectivity index (χ1) is 9.64. The van der Waals surface area contributed by atoms with E-state index in [9.17, 15) is 14.9 Å². The van der Waals surface area contributed by atoms with Crippen LogP contribution in [0.3, 0.4) is 0 Å². The molecular weight excluding hydrogens is 258 g/mol. The average Bonchev–Trinajstić information content (AvgIpc) is 2.44. The standard InChI is InChI=1S/C14H21N3O3/c1-2-6-16-12(18)11-9-20-8-7-17(11)13(19)14(10-15)4-3-5-14/h11H,2-9H2,1H3,(H,16,18). The van der Waals surface area contributed by atoms with Crippen LogP contribution >= 0.6 is 0 Å². The topological polar surface area (TPSA) is 82.4 Å². The second kappa shape index (κ2) is 6.23. The highest BCUT2D eigenvalue weighted by molar-refractivity contribution is 5.92. The predicted molar refractivity (Wildman–Crippen MR) is 71.5 cm³/mol. The number of carbonyl (C=O) groups is 2. The van der Waals surface area contributed by atoms with Crippen LogP contribution in [0.1, 0.15) is 32.6 Å². The molecule has 2 aliphatic rings. The zero-order valence-corrected chi connectivity index (χ0v) is 11.9. The molecule has 1 unspecified atom stereocenters. The maximum Gasteiger partial charge on any atom is 0.245 e. The Hall–Kier alpha value is -1.61. The molecule has 6 nitrogen and oxygen atoms in total. The van der Waals surface area contributed by atoms with Crippen molar-refractivity contribution in [2.24, 2.45) is 5.41 Å². The largest absolute Gasteiger partial charge is 0.377 e. The summed E-state index contributed by atoms with van der Waals surface area (Å²) in [6.07, 6.45) is 2.94. The molecule has 1 atom stereocenters. The first-order valence-corrected chi connectivity index (χ1v) is 7.22. The highest BCUT2D eigenvalue weighted by atomic mass is 16.5. The molecule has 1 saturated heterocycles. The van der Waals surface area contributed by atoms with Crippen LogP contribution in [-0.2, 0) is 14.3 Å². The smallest absolute Gasteiger partial charge is 0.245 e. The summed E-state index contributed by atoms with van der Waals surface area (Å²) in [6, 6.07) is 1.55. The molecule has 20 heavy (non-hydrogen) atoms. The third-order valence-corrected chi connectivity index (χ3v) is 4.07. The molecular formula is C14H21N3O3. The molecule has 1 heterocycles. The summed E-state index contributed by atoms with van der Waals surface area (Å²) in [6.45, 7) is 3.57. The monoisotopic (exact) mass is 279 g/mol. The minimum atomic E-state index is -0.902. The van der Waals surface area contributed by atoms with Gasteiger partial charge in [-0.15, -0.1) is 0 Å². The number of ether oxygens (including phenoxy) is 1. The quantitative estimate of drug-likeness (QED) is 0.809. The lowest BCUT2D eigenvalue weighted by Crippen LogP contribution is -2.60. The zero-order chi connectivity index (χ0) is 14.6. The molecule has 2 rings (SSSR count). The summed E-state index contributed by atoms with van der Waals surface area (Å²) in [4.78, 5) is 26.3. The van der Waals surface area contributed by atoms with Crippen LogP contribution in [0, 0.1) is 16.7 Å². The molecule has 0 spiro atoms. The number of hydrogen-bond donors (Lipinski definition) is 1. The van der Waals surface area contributed by atoms with E-state index in [0.717, 1.165) is 12.8 Å². The lowest BCUT2D eigenvalue weighted by molar-refractivity contribution is -0.157. The normalized spacial score (nSPS) is 24.4. The van der Waals surface area contributed by atoms with Gasteiger partial charge in [0.05, 0.1) is 19.3 Å². The Bertz CT molecular complexity index is 426. The maximum absolute atomic E-state index is 12.6. The lowest BCUT2D eigenvalue weighted by Gasteiger charge is -2.42. The van der Waals surface area contributed by atoms with Crippen LogP contribution in [-0.4, -0.2) is 49.1 Å². The number of rotatable bonds is 4. The van der Waals surface area contributed by atoms with E-state index >= 15 is 0 Å². The molecule has 6 heteroatoms. The minimum absolute atomic E-state index is 0.188. The molecule has 110 valence electrons.